The van der Waals surface area contributed by atoms with E-state index in [0.717, 1.165) is 12.0 Å². The molecule has 0 aromatic carbocycles. The van der Waals surface area contributed by atoms with E-state index < -0.39 is 0 Å². The summed E-state index contributed by atoms with van der Waals surface area (Å²) in [6.45, 7) is 11.4. The van der Waals surface area contributed by atoms with Crippen LogP contribution >= 0.6 is 0 Å². The predicted molar refractivity (Wildman–Crippen MR) is 88.4 cm³/mol. The molecule has 0 aromatic rings. The molecule has 3 atom stereocenters. The van der Waals surface area contributed by atoms with Gasteiger partial charge in [0.25, 0.3) is 0 Å². The third kappa shape index (κ3) is 2.37. The molecule has 4 saturated carbocycles. The molecule has 1 aliphatic heterocycles. The van der Waals surface area contributed by atoms with E-state index in [1.807, 2.05) is 0 Å². The molecule has 4 bridgehead atoms. The SMILES string of the molecule is CCC1CCN(C23CC4CC(C)(CC(C)(C4)C2)C3)CCN1. The first-order valence-electron chi connectivity index (χ1n) is 9.43. The van der Waals surface area contributed by atoms with Gasteiger partial charge in [0.15, 0.2) is 0 Å². The van der Waals surface area contributed by atoms with Crippen LogP contribution < -0.4 is 5.32 Å². The van der Waals surface area contributed by atoms with E-state index >= 15 is 0 Å². The van der Waals surface area contributed by atoms with Crippen LogP contribution in [0.2, 0.25) is 0 Å². The van der Waals surface area contributed by atoms with Gasteiger partial charge >= 0.3 is 0 Å². The Morgan fingerprint density at radius 2 is 1.71 bits per heavy atom. The van der Waals surface area contributed by atoms with Crippen molar-refractivity contribution in [3.05, 3.63) is 0 Å². The van der Waals surface area contributed by atoms with Crippen LogP contribution in [-0.4, -0.2) is 36.1 Å². The average molecular weight is 290 g/mol. The molecular weight excluding hydrogens is 256 g/mol. The van der Waals surface area contributed by atoms with E-state index in [9.17, 15) is 0 Å². The van der Waals surface area contributed by atoms with Crippen LogP contribution in [0.4, 0.5) is 0 Å². The van der Waals surface area contributed by atoms with Gasteiger partial charge in [-0.05, 0) is 68.1 Å². The number of nitrogens with one attached hydrogen (secondary N) is 1. The second kappa shape index (κ2) is 4.71. The fourth-order valence-electron chi connectivity index (χ4n) is 7.49. The predicted octanol–water partition coefficient (Wildman–Crippen LogP) is 3.81. The van der Waals surface area contributed by atoms with Crippen LogP contribution in [0, 0.1) is 16.7 Å². The Kier molecular flexibility index (Phi) is 3.25. The molecule has 1 saturated heterocycles. The summed E-state index contributed by atoms with van der Waals surface area (Å²) in [5.41, 5.74) is 1.86. The molecule has 1 N–H and O–H groups in total. The van der Waals surface area contributed by atoms with Crippen molar-refractivity contribution >= 4 is 0 Å². The smallest absolute Gasteiger partial charge is 0.0223 e. The molecule has 0 aromatic heterocycles. The summed E-state index contributed by atoms with van der Waals surface area (Å²) in [6.07, 6.45) is 11.7. The Balaban J connectivity index is 1.59. The Bertz CT molecular complexity index is 400. The molecule has 5 rings (SSSR count). The van der Waals surface area contributed by atoms with Crippen LogP contribution in [0.5, 0.6) is 0 Å². The Hall–Kier alpha value is -0.0800. The average Bonchev–Trinajstić information content (AvgIpc) is 2.59. The fraction of sp³-hybridized carbons (Fsp3) is 1.00. The van der Waals surface area contributed by atoms with Gasteiger partial charge < -0.3 is 5.32 Å². The molecule has 5 aliphatic rings. The summed E-state index contributed by atoms with van der Waals surface area (Å²) < 4.78 is 0. The fourth-order valence-corrected chi connectivity index (χ4v) is 7.49. The summed E-state index contributed by atoms with van der Waals surface area (Å²) in [7, 11) is 0. The second-order valence-electron chi connectivity index (χ2n) is 9.69. The van der Waals surface area contributed by atoms with Gasteiger partial charge in [-0.25, -0.2) is 0 Å². The molecule has 2 nitrogen and oxygen atoms in total. The first kappa shape index (κ1) is 14.5. The molecule has 21 heavy (non-hydrogen) atoms. The van der Waals surface area contributed by atoms with Crippen LogP contribution in [-0.2, 0) is 0 Å². The maximum atomic E-state index is 3.77. The van der Waals surface area contributed by atoms with Gasteiger partial charge in [-0.15, -0.1) is 0 Å². The summed E-state index contributed by atoms with van der Waals surface area (Å²) in [5.74, 6) is 1.02. The van der Waals surface area contributed by atoms with Gasteiger partial charge in [0.2, 0.25) is 0 Å². The van der Waals surface area contributed by atoms with Crippen molar-refractivity contribution in [3.63, 3.8) is 0 Å². The minimum Gasteiger partial charge on any atom is -0.313 e. The van der Waals surface area contributed by atoms with Crippen molar-refractivity contribution in [1.29, 1.82) is 0 Å². The molecule has 4 aliphatic carbocycles. The summed E-state index contributed by atoms with van der Waals surface area (Å²) in [6, 6.07) is 0.759. The Morgan fingerprint density at radius 1 is 1.00 bits per heavy atom. The number of hydrogen-bond donors (Lipinski definition) is 1. The molecule has 3 unspecified atom stereocenters. The lowest BCUT2D eigenvalue weighted by molar-refractivity contribution is -0.160. The lowest BCUT2D eigenvalue weighted by Gasteiger charge is -2.68. The Labute approximate surface area is 131 Å². The standard InChI is InChI=1S/C19H34N2/c1-4-16-5-7-21(8-6-20-16)19-11-15-9-17(2,13-19)12-18(3,10-15)14-19/h15-16,20H,4-14H2,1-3H3. The van der Waals surface area contributed by atoms with Crippen molar-refractivity contribution in [3.8, 4) is 0 Å². The monoisotopic (exact) mass is 290 g/mol. The third-order valence-electron chi connectivity index (χ3n) is 7.32. The van der Waals surface area contributed by atoms with Crippen molar-refractivity contribution in [2.75, 3.05) is 19.6 Å². The van der Waals surface area contributed by atoms with Crippen molar-refractivity contribution in [2.24, 2.45) is 16.7 Å². The highest BCUT2D eigenvalue weighted by molar-refractivity contribution is 5.15. The van der Waals surface area contributed by atoms with Crippen molar-refractivity contribution < 1.29 is 0 Å². The van der Waals surface area contributed by atoms with Gasteiger partial charge in [0.05, 0.1) is 0 Å². The lowest BCUT2D eigenvalue weighted by atomic mass is 9.42. The normalized spacial score (nSPS) is 53.9. The van der Waals surface area contributed by atoms with E-state index in [1.54, 1.807) is 0 Å². The molecule has 0 spiro atoms. The molecule has 120 valence electrons. The highest BCUT2D eigenvalue weighted by atomic mass is 15.2. The maximum Gasteiger partial charge on any atom is 0.0223 e. The number of rotatable bonds is 2. The minimum atomic E-state index is 0.563. The largest absolute Gasteiger partial charge is 0.313 e. The van der Waals surface area contributed by atoms with Crippen molar-refractivity contribution in [2.45, 2.75) is 83.7 Å². The number of hydrogen-bond acceptors (Lipinski definition) is 2. The molecule has 5 fully saturated rings. The summed E-state index contributed by atoms with van der Waals surface area (Å²) in [4.78, 5) is 2.94. The van der Waals surface area contributed by atoms with Crippen molar-refractivity contribution in [1.82, 2.24) is 10.2 Å². The van der Waals surface area contributed by atoms with Gasteiger partial charge in [0.1, 0.15) is 0 Å². The molecule has 1 heterocycles. The van der Waals surface area contributed by atoms with Crippen LogP contribution in [0.15, 0.2) is 0 Å². The minimum absolute atomic E-state index is 0.563. The van der Waals surface area contributed by atoms with Crippen LogP contribution in [0.25, 0.3) is 0 Å². The van der Waals surface area contributed by atoms with Gasteiger partial charge in [-0.1, -0.05) is 20.8 Å². The van der Waals surface area contributed by atoms with E-state index in [4.69, 9.17) is 0 Å². The quantitative estimate of drug-likeness (QED) is 0.832. The van der Waals surface area contributed by atoms with E-state index in [-0.39, 0.29) is 0 Å². The summed E-state index contributed by atoms with van der Waals surface area (Å²) in [5, 5.41) is 3.77. The van der Waals surface area contributed by atoms with E-state index in [2.05, 4.69) is 31.0 Å². The van der Waals surface area contributed by atoms with Gasteiger partial charge in [-0.2, -0.15) is 0 Å². The highest BCUT2D eigenvalue weighted by Crippen LogP contribution is 2.67. The zero-order valence-electron chi connectivity index (χ0n) is 14.4. The lowest BCUT2D eigenvalue weighted by Crippen LogP contribution is -2.65. The van der Waals surface area contributed by atoms with Gasteiger partial charge in [-0.3, -0.25) is 4.90 Å². The van der Waals surface area contributed by atoms with Crippen LogP contribution in [0.1, 0.15) is 72.1 Å². The first-order valence-corrected chi connectivity index (χ1v) is 9.43. The Morgan fingerprint density at radius 3 is 2.33 bits per heavy atom. The molecule has 0 amide bonds. The van der Waals surface area contributed by atoms with Gasteiger partial charge in [0, 0.05) is 31.2 Å². The highest BCUT2D eigenvalue weighted by Gasteiger charge is 2.61. The van der Waals surface area contributed by atoms with Crippen LogP contribution in [0.3, 0.4) is 0 Å². The summed E-state index contributed by atoms with van der Waals surface area (Å²) >= 11 is 0. The second-order valence-corrected chi connectivity index (χ2v) is 9.69. The zero-order valence-corrected chi connectivity index (χ0v) is 14.4. The van der Waals surface area contributed by atoms with E-state index in [0.29, 0.717) is 16.4 Å². The maximum absolute atomic E-state index is 3.77. The molecule has 2 heteroatoms. The first-order chi connectivity index (χ1) is 9.94. The topological polar surface area (TPSA) is 15.3 Å². The third-order valence-corrected chi connectivity index (χ3v) is 7.32. The molecule has 0 radical (unpaired) electrons. The number of nitrogens with zero attached hydrogens (tertiary/aromatic N) is 1. The molecular formula is C19H34N2. The zero-order chi connectivity index (χ0) is 14.7. The van der Waals surface area contributed by atoms with E-state index in [1.165, 1.54) is 71.0 Å².